The van der Waals surface area contributed by atoms with Crippen LogP contribution in [0.5, 0.6) is 0 Å². The maximum absolute atomic E-state index is 4.60. The smallest absolute Gasteiger partial charge is 0.168 e. The zero-order valence-electron chi connectivity index (χ0n) is 18.8. The zero-order valence-corrected chi connectivity index (χ0v) is 18.8. The van der Waals surface area contributed by atoms with Crippen molar-refractivity contribution in [3.8, 4) is 28.5 Å². The molecule has 3 heteroatoms. The second-order valence-electron chi connectivity index (χ2n) is 8.39. The Bertz CT molecular complexity index is 1040. The molecule has 31 heavy (non-hydrogen) atoms. The van der Waals surface area contributed by atoms with Gasteiger partial charge in [0.15, 0.2) is 11.6 Å². The number of aromatic nitrogens is 3. The van der Waals surface area contributed by atoms with Gasteiger partial charge in [-0.05, 0) is 44.4 Å². The highest BCUT2D eigenvalue weighted by Gasteiger charge is 2.17. The molecule has 0 saturated heterocycles. The van der Waals surface area contributed by atoms with E-state index in [-0.39, 0.29) is 0 Å². The van der Waals surface area contributed by atoms with Crippen molar-refractivity contribution in [3.63, 3.8) is 0 Å². The van der Waals surface area contributed by atoms with E-state index in [9.17, 15) is 0 Å². The Labute approximate surface area is 185 Å². The molecule has 0 spiro atoms. The van der Waals surface area contributed by atoms with Crippen molar-refractivity contribution in [2.24, 2.45) is 0 Å². The summed E-state index contributed by atoms with van der Waals surface area (Å²) in [7, 11) is 0. The molecule has 0 saturated carbocycles. The molecule has 158 valence electrons. The summed E-state index contributed by atoms with van der Waals surface area (Å²) in [6.07, 6.45) is 6.29. The summed E-state index contributed by atoms with van der Waals surface area (Å²) in [6.45, 7) is 6.46. The van der Waals surface area contributed by atoms with Crippen molar-refractivity contribution in [2.75, 3.05) is 0 Å². The van der Waals surface area contributed by atoms with Gasteiger partial charge in [0.05, 0.1) is 0 Å². The summed E-state index contributed by atoms with van der Waals surface area (Å²) in [5, 5.41) is 9.19. The van der Waals surface area contributed by atoms with Gasteiger partial charge in [-0.2, -0.15) is 0 Å². The molecule has 0 radical (unpaired) electrons. The number of nitrogens with zero attached hydrogens (tertiary/aromatic N) is 3. The molecule has 0 aliphatic heterocycles. The van der Waals surface area contributed by atoms with Crippen LogP contribution in [-0.2, 0) is 6.42 Å². The van der Waals surface area contributed by atoms with Crippen LogP contribution in [0.2, 0.25) is 0 Å². The highest BCUT2D eigenvalue weighted by atomic mass is 15.3. The molecule has 1 heterocycles. The molecule has 1 aromatic heterocycles. The number of aryl methyl sites for hydroxylation is 3. The summed E-state index contributed by atoms with van der Waals surface area (Å²) in [5.74, 6) is 1.73. The molecular weight excluding hydrogens is 378 g/mol. The Balaban J connectivity index is 1.72. The van der Waals surface area contributed by atoms with Gasteiger partial charge < -0.3 is 0 Å². The Morgan fingerprint density at radius 1 is 0.613 bits per heavy atom. The van der Waals surface area contributed by atoms with Crippen molar-refractivity contribution in [1.29, 1.82) is 0 Å². The second-order valence-corrected chi connectivity index (χ2v) is 8.39. The van der Waals surface area contributed by atoms with E-state index in [1.165, 1.54) is 42.4 Å². The Morgan fingerprint density at radius 2 is 1.13 bits per heavy atom. The lowest BCUT2D eigenvalue weighted by Gasteiger charge is -2.12. The number of hydrogen-bond acceptors (Lipinski definition) is 2. The first-order valence-corrected chi connectivity index (χ1v) is 11.3. The minimum Gasteiger partial charge on any atom is -0.275 e. The lowest BCUT2D eigenvalue weighted by atomic mass is 10.1. The minimum atomic E-state index is 0.867. The SMILES string of the molecule is CCCCCCc1ccc(-n2c(-c3ccc(C)cc3)nnc2-c2ccc(C)cc2)cc1. The Morgan fingerprint density at radius 3 is 1.61 bits per heavy atom. The monoisotopic (exact) mass is 409 g/mol. The lowest BCUT2D eigenvalue weighted by Crippen LogP contribution is -2.01. The first-order chi connectivity index (χ1) is 15.2. The third-order valence-corrected chi connectivity index (χ3v) is 5.80. The Kier molecular flexibility index (Phi) is 6.61. The van der Waals surface area contributed by atoms with E-state index in [1.54, 1.807) is 0 Å². The standard InChI is InChI=1S/C28H31N3/c1-4-5-6-7-8-23-13-19-26(20-14-23)31-27(24-15-9-21(2)10-16-24)29-30-28(31)25-17-11-22(3)12-18-25/h9-20H,4-8H2,1-3H3. The van der Waals surface area contributed by atoms with E-state index in [1.807, 2.05) is 0 Å². The van der Waals surface area contributed by atoms with Gasteiger partial charge in [-0.3, -0.25) is 4.57 Å². The van der Waals surface area contributed by atoms with Gasteiger partial charge in [0, 0.05) is 16.8 Å². The molecule has 0 fully saturated rings. The molecule has 4 rings (SSSR count). The molecule has 3 aromatic carbocycles. The number of hydrogen-bond donors (Lipinski definition) is 0. The van der Waals surface area contributed by atoms with Gasteiger partial charge in [-0.25, -0.2) is 0 Å². The number of unbranched alkanes of at least 4 members (excludes halogenated alkanes) is 3. The molecule has 0 unspecified atom stereocenters. The van der Waals surface area contributed by atoms with Crippen LogP contribution >= 0.6 is 0 Å². The summed E-state index contributed by atoms with van der Waals surface area (Å²) in [6, 6.07) is 25.9. The second kappa shape index (κ2) is 9.74. The van der Waals surface area contributed by atoms with Crippen LogP contribution in [0.4, 0.5) is 0 Å². The summed E-state index contributed by atoms with van der Waals surface area (Å²) in [5.41, 5.74) is 7.09. The van der Waals surface area contributed by atoms with Crippen molar-refractivity contribution in [3.05, 3.63) is 89.5 Å². The van der Waals surface area contributed by atoms with Crippen molar-refractivity contribution in [2.45, 2.75) is 52.9 Å². The maximum Gasteiger partial charge on any atom is 0.168 e. The summed E-state index contributed by atoms with van der Waals surface area (Å²) in [4.78, 5) is 0. The first-order valence-electron chi connectivity index (χ1n) is 11.3. The molecule has 0 bridgehead atoms. The van der Waals surface area contributed by atoms with Gasteiger partial charge in [-0.1, -0.05) is 98.0 Å². The van der Waals surface area contributed by atoms with E-state index in [4.69, 9.17) is 0 Å². The van der Waals surface area contributed by atoms with Crippen LogP contribution in [0.15, 0.2) is 72.8 Å². The van der Waals surface area contributed by atoms with Crippen LogP contribution in [0.1, 0.15) is 49.3 Å². The van der Waals surface area contributed by atoms with E-state index >= 15 is 0 Å². The van der Waals surface area contributed by atoms with Gasteiger partial charge >= 0.3 is 0 Å². The molecule has 0 atom stereocenters. The van der Waals surface area contributed by atoms with Crippen molar-refractivity contribution < 1.29 is 0 Å². The summed E-state index contributed by atoms with van der Waals surface area (Å²) >= 11 is 0. The topological polar surface area (TPSA) is 30.7 Å². The van der Waals surface area contributed by atoms with Gasteiger partial charge in [0.2, 0.25) is 0 Å². The highest BCUT2D eigenvalue weighted by molar-refractivity contribution is 5.67. The molecular formula is C28H31N3. The predicted octanol–water partition coefficient (Wildman–Crippen LogP) is 7.34. The van der Waals surface area contributed by atoms with Crippen LogP contribution in [0.3, 0.4) is 0 Å². The van der Waals surface area contributed by atoms with Crippen LogP contribution in [0.25, 0.3) is 28.5 Å². The van der Waals surface area contributed by atoms with Crippen molar-refractivity contribution in [1.82, 2.24) is 14.8 Å². The molecule has 3 nitrogen and oxygen atoms in total. The fourth-order valence-corrected chi connectivity index (χ4v) is 3.88. The van der Waals surface area contributed by atoms with E-state index in [0.29, 0.717) is 0 Å². The maximum atomic E-state index is 4.60. The molecule has 4 aromatic rings. The highest BCUT2D eigenvalue weighted by Crippen LogP contribution is 2.29. The van der Waals surface area contributed by atoms with Crippen LogP contribution in [-0.4, -0.2) is 14.8 Å². The lowest BCUT2D eigenvalue weighted by molar-refractivity contribution is 0.667. The summed E-state index contributed by atoms with van der Waals surface area (Å²) < 4.78 is 2.18. The van der Waals surface area contributed by atoms with Gasteiger partial charge in [0.25, 0.3) is 0 Å². The van der Waals surface area contributed by atoms with Crippen molar-refractivity contribution >= 4 is 0 Å². The van der Waals surface area contributed by atoms with E-state index in [2.05, 4.69) is 108 Å². The molecule has 0 amide bonds. The Hall–Kier alpha value is -3.20. The largest absolute Gasteiger partial charge is 0.275 e. The van der Waals surface area contributed by atoms with Gasteiger partial charge in [-0.15, -0.1) is 10.2 Å². The minimum absolute atomic E-state index is 0.867. The third-order valence-electron chi connectivity index (χ3n) is 5.80. The normalized spacial score (nSPS) is 11.1. The number of rotatable bonds is 8. The van der Waals surface area contributed by atoms with Crippen LogP contribution < -0.4 is 0 Å². The van der Waals surface area contributed by atoms with Gasteiger partial charge in [0.1, 0.15) is 0 Å². The van der Waals surface area contributed by atoms with Crippen LogP contribution in [0, 0.1) is 13.8 Å². The predicted molar refractivity (Wildman–Crippen MR) is 130 cm³/mol. The first kappa shape index (κ1) is 21.0. The van der Waals surface area contributed by atoms with E-state index < -0.39 is 0 Å². The fourth-order valence-electron chi connectivity index (χ4n) is 3.88. The quantitative estimate of drug-likeness (QED) is 0.285. The molecule has 0 aliphatic rings. The average Bonchev–Trinajstić information content (AvgIpc) is 3.23. The molecule has 0 aliphatic carbocycles. The average molecular weight is 410 g/mol. The molecule has 0 N–H and O–H groups in total. The van der Waals surface area contributed by atoms with E-state index in [0.717, 1.165) is 34.9 Å². The third kappa shape index (κ3) is 4.93. The zero-order chi connectivity index (χ0) is 21.6. The fraction of sp³-hybridized carbons (Fsp3) is 0.286. The number of benzene rings is 3.